The number of carboxylic acid groups (broad SMARTS) is 4. The van der Waals surface area contributed by atoms with Gasteiger partial charge in [-0.2, -0.15) is 0 Å². The second-order valence-corrected chi connectivity index (χ2v) is 4.25. The van der Waals surface area contributed by atoms with Crippen molar-refractivity contribution in [2.45, 2.75) is 30.8 Å². The van der Waals surface area contributed by atoms with Gasteiger partial charge in [0.2, 0.25) is 0 Å². The Hall–Kier alpha value is -0.280. The van der Waals surface area contributed by atoms with Gasteiger partial charge in [-0.25, -0.2) is 0 Å². The number of hydrogen-bond acceptors (Lipinski definition) is 6. The molecule has 0 saturated carbocycles. The molecule has 1 atom stereocenters. The molecule has 0 radical (unpaired) electrons. The fourth-order valence-electron chi connectivity index (χ4n) is 1.76. The molecule has 14 heteroatoms. The van der Waals surface area contributed by atoms with Crippen molar-refractivity contribution >= 4 is 83.0 Å². The van der Waals surface area contributed by atoms with Crippen molar-refractivity contribution in [3.05, 3.63) is 0 Å². The molecule has 0 bridgehead atoms. The number of nitrogens with two attached hydrogens (primary N) is 1. The number of rotatable bonds is 10. The van der Waals surface area contributed by atoms with Gasteiger partial charge in [-0.3, -0.25) is 24.5 Å². The Morgan fingerprint density at radius 3 is 1.46 bits per heavy atom. The standard InChI is InChI=1S/C10H16N2O8.2Na.2H2O.2H/c11-5(1-6(13)14)10(2-7(15)16,3-8(17)18)12-4-9(19)20;;;;;;/h5,12H,1-4,11H2,(H,13,14)(H,15,16)(H,17,18)(H,19,20);;;2*1H2;;. The molecule has 0 aromatic heterocycles. The molecule has 0 fully saturated rings. The Labute approximate surface area is 181 Å². The summed E-state index contributed by atoms with van der Waals surface area (Å²) < 4.78 is 0. The minimum absolute atomic E-state index is 0. The van der Waals surface area contributed by atoms with Crippen LogP contribution in [0, 0.1) is 0 Å². The van der Waals surface area contributed by atoms with Gasteiger partial charge in [-0.1, -0.05) is 0 Å². The van der Waals surface area contributed by atoms with E-state index < -0.39 is 61.3 Å². The van der Waals surface area contributed by atoms with E-state index in [-0.39, 0.29) is 70.1 Å². The van der Waals surface area contributed by atoms with E-state index in [4.69, 9.17) is 26.2 Å². The molecule has 0 aliphatic heterocycles. The van der Waals surface area contributed by atoms with Crippen molar-refractivity contribution in [3.63, 3.8) is 0 Å². The third-order valence-electron chi connectivity index (χ3n) is 2.63. The minimum atomic E-state index is -1.87. The molecule has 0 amide bonds. The number of hydrogen-bond donors (Lipinski definition) is 6. The quantitative estimate of drug-likeness (QED) is 0.198. The molecule has 1 unspecified atom stereocenters. The van der Waals surface area contributed by atoms with Crippen LogP contribution in [-0.4, -0.2) is 132 Å². The molecule has 0 aromatic carbocycles. The molecule has 0 spiro atoms. The molecular formula is C10H22N2Na2O10. The number of nitrogens with one attached hydrogen (secondary N) is 1. The summed E-state index contributed by atoms with van der Waals surface area (Å²) >= 11 is 0. The van der Waals surface area contributed by atoms with Gasteiger partial charge in [-0.05, 0) is 0 Å². The second kappa shape index (κ2) is 16.2. The summed E-state index contributed by atoms with van der Waals surface area (Å²) in [5, 5.41) is 37.2. The Morgan fingerprint density at radius 2 is 1.21 bits per heavy atom. The summed E-state index contributed by atoms with van der Waals surface area (Å²) in [5.41, 5.74) is 3.71. The summed E-state index contributed by atoms with van der Waals surface area (Å²) in [4.78, 5) is 42.9. The fraction of sp³-hybridized carbons (Fsp3) is 0.600. The van der Waals surface area contributed by atoms with Gasteiger partial charge >= 0.3 is 83.0 Å². The van der Waals surface area contributed by atoms with Crippen molar-refractivity contribution in [2.75, 3.05) is 6.54 Å². The number of carbonyl (C=O) groups is 4. The Balaban J connectivity index is -0.000000301. The van der Waals surface area contributed by atoms with Gasteiger partial charge in [0.1, 0.15) is 0 Å². The Morgan fingerprint density at radius 1 is 0.833 bits per heavy atom. The van der Waals surface area contributed by atoms with Gasteiger partial charge in [0.15, 0.2) is 0 Å². The third-order valence-corrected chi connectivity index (χ3v) is 2.63. The predicted molar refractivity (Wildman–Crippen MR) is 84.6 cm³/mol. The van der Waals surface area contributed by atoms with E-state index in [0.29, 0.717) is 0 Å². The van der Waals surface area contributed by atoms with E-state index in [1.165, 1.54) is 0 Å². The van der Waals surface area contributed by atoms with Crippen LogP contribution in [0.1, 0.15) is 19.3 Å². The van der Waals surface area contributed by atoms with Crippen LogP contribution in [-0.2, 0) is 19.2 Å². The molecule has 0 aliphatic rings. The Kier molecular flexibility index (Phi) is 23.6. The van der Waals surface area contributed by atoms with Gasteiger partial charge in [0.05, 0.1) is 31.3 Å². The average molecular weight is 376 g/mol. The molecule has 0 rings (SSSR count). The van der Waals surface area contributed by atoms with Crippen LogP contribution >= 0.6 is 0 Å². The molecule has 24 heavy (non-hydrogen) atoms. The number of carboxylic acids is 4. The zero-order chi connectivity index (χ0) is 15.9. The van der Waals surface area contributed by atoms with E-state index in [0.717, 1.165) is 0 Å². The monoisotopic (exact) mass is 376 g/mol. The van der Waals surface area contributed by atoms with E-state index in [1.807, 2.05) is 0 Å². The fourth-order valence-corrected chi connectivity index (χ4v) is 1.76. The predicted octanol–water partition coefficient (Wildman–Crippen LogP) is -4.80. The van der Waals surface area contributed by atoms with Gasteiger partial charge in [-0.15, -0.1) is 0 Å². The van der Waals surface area contributed by atoms with Gasteiger partial charge in [0.25, 0.3) is 0 Å². The molecule has 11 N–H and O–H groups in total. The topological polar surface area (TPSA) is 250 Å². The van der Waals surface area contributed by atoms with Crippen molar-refractivity contribution in [2.24, 2.45) is 5.73 Å². The van der Waals surface area contributed by atoms with Crippen molar-refractivity contribution < 1.29 is 50.6 Å². The molecule has 0 aromatic rings. The zero-order valence-corrected chi connectivity index (χ0v) is 11.4. The first kappa shape index (κ1) is 34.9. The average Bonchev–Trinajstić information content (AvgIpc) is 2.23. The van der Waals surface area contributed by atoms with E-state index in [9.17, 15) is 19.2 Å². The first-order valence-electron chi connectivity index (χ1n) is 5.47. The summed E-state index contributed by atoms with van der Waals surface area (Å²) in [5.74, 6) is -5.56. The van der Waals surface area contributed by atoms with Crippen LogP contribution in [0.3, 0.4) is 0 Å². The van der Waals surface area contributed by atoms with Crippen LogP contribution in [0.2, 0.25) is 0 Å². The van der Waals surface area contributed by atoms with Crippen LogP contribution < -0.4 is 11.1 Å². The van der Waals surface area contributed by atoms with Crippen LogP contribution in [0.5, 0.6) is 0 Å². The van der Waals surface area contributed by atoms with Gasteiger partial charge < -0.3 is 37.1 Å². The molecule has 0 aliphatic carbocycles. The first-order valence-corrected chi connectivity index (χ1v) is 5.47. The first-order chi connectivity index (χ1) is 9.09. The van der Waals surface area contributed by atoms with E-state index in [2.05, 4.69) is 5.32 Å². The Bertz CT molecular complexity index is 404. The SMILES string of the molecule is NC(CC(=O)O)C(CC(=O)O)(CC(=O)O)NCC(=O)O.O.O.[NaH].[NaH]. The maximum atomic E-state index is 10.8. The second-order valence-electron chi connectivity index (χ2n) is 4.25. The van der Waals surface area contributed by atoms with Gasteiger partial charge in [0, 0.05) is 6.04 Å². The molecular weight excluding hydrogens is 354 g/mol. The third kappa shape index (κ3) is 14.1. The van der Waals surface area contributed by atoms with Crippen molar-refractivity contribution in [1.82, 2.24) is 5.32 Å². The van der Waals surface area contributed by atoms with Crippen LogP contribution in [0.4, 0.5) is 0 Å². The van der Waals surface area contributed by atoms with E-state index >= 15 is 0 Å². The maximum absolute atomic E-state index is 10.8. The van der Waals surface area contributed by atoms with Crippen LogP contribution in [0.25, 0.3) is 0 Å². The normalized spacial score (nSPS) is 10.5. The molecule has 134 valence electrons. The summed E-state index contributed by atoms with van der Waals surface area (Å²) in [6.07, 6.45) is -2.34. The van der Waals surface area contributed by atoms with Crippen molar-refractivity contribution in [1.29, 1.82) is 0 Å². The molecule has 12 nitrogen and oxygen atoms in total. The zero-order valence-electron chi connectivity index (χ0n) is 11.4. The summed E-state index contributed by atoms with van der Waals surface area (Å²) in [6.45, 7) is -0.742. The van der Waals surface area contributed by atoms with Crippen LogP contribution in [0.15, 0.2) is 0 Å². The molecule has 0 saturated heterocycles. The van der Waals surface area contributed by atoms with E-state index in [1.54, 1.807) is 0 Å². The summed E-state index contributed by atoms with van der Waals surface area (Å²) in [7, 11) is 0. The number of aliphatic carboxylic acids is 4. The summed E-state index contributed by atoms with van der Waals surface area (Å²) in [6, 6.07) is -1.38. The molecule has 0 heterocycles. The van der Waals surface area contributed by atoms with Crippen molar-refractivity contribution in [3.8, 4) is 0 Å².